The van der Waals surface area contributed by atoms with E-state index in [1.807, 2.05) is 0 Å². The fourth-order valence-electron chi connectivity index (χ4n) is 0. The average molecular weight is 203 g/mol. The molecule has 0 aromatic heterocycles. The summed E-state index contributed by atoms with van der Waals surface area (Å²) in [6, 6.07) is 0. The summed E-state index contributed by atoms with van der Waals surface area (Å²) in [6.45, 7) is 0. The first-order valence-corrected chi connectivity index (χ1v) is 0. The predicted octanol–water partition coefficient (Wildman–Crippen LogP) is -15.0. The third-order valence-electron chi connectivity index (χ3n) is 0. The standard InChI is InChI=1S/Cr.5FH.Fe/h;5*1H;/q+3;;;;;;+2/p-5. The molecule has 0 N–H and O–H groups in total. The fourth-order valence-corrected chi connectivity index (χ4v) is 0. The van der Waals surface area contributed by atoms with Crippen molar-refractivity contribution in [3.63, 3.8) is 0 Å². The normalized spacial score (nSPS) is 0. The molecule has 0 bridgehead atoms. The van der Waals surface area contributed by atoms with Gasteiger partial charge in [0, 0.05) is 0 Å². The molecule has 0 nitrogen and oxygen atoms in total. The molecule has 0 spiro atoms. The van der Waals surface area contributed by atoms with Crippen molar-refractivity contribution >= 4 is 0 Å². The van der Waals surface area contributed by atoms with Crippen LogP contribution in [0.3, 0.4) is 0 Å². The Labute approximate surface area is 58.5 Å². The van der Waals surface area contributed by atoms with Crippen LogP contribution in [0.1, 0.15) is 0 Å². The van der Waals surface area contributed by atoms with Gasteiger partial charge in [-0.3, -0.25) is 0 Å². The summed E-state index contributed by atoms with van der Waals surface area (Å²) in [5.74, 6) is 0. The van der Waals surface area contributed by atoms with Crippen molar-refractivity contribution in [1.29, 1.82) is 0 Å². The Hall–Kier alpha value is 0.702. The monoisotopic (exact) mass is 203 g/mol. The van der Waals surface area contributed by atoms with E-state index in [-0.39, 0.29) is 58.0 Å². The van der Waals surface area contributed by atoms with Crippen molar-refractivity contribution in [2.45, 2.75) is 0 Å². The van der Waals surface area contributed by atoms with E-state index in [0.29, 0.717) is 0 Å². The molecular weight excluding hydrogens is 203 g/mol. The van der Waals surface area contributed by atoms with Crippen LogP contribution in [0.4, 0.5) is 0 Å². The summed E-state index contributed by atoms with van der Waals surface area (Å²) >= 11 is 0. The van der Waals surface area contributed by atoms with E-state index in [2.05, 4.69) is 0 Å². The van der Waals surface area contributed by atoms with E-state index in [9.17, 15) is 0 Å². The SMILES string of the molecule is [Cr+3].[F-].[F-].[F-].[F-].[F-].[Fe+2]. The van der Waals surface area contributed by atoms with Crippen molar-refractivity contribution in [2.24, 2.45) is 0 Å². The van der Waals surface area contributed by atoms with Gasteiger partial charge >= 0.3 is 34.4 Å². The first-order valence-electron chi connectivity index (χ1n) is 0. The van der Waals surface area contributed by atoms with Gasteiger partial charge in [-0.25, -0.2) is 0 Å². The van der Waals surface area contributed by atoms with Gasteiger partial charge in [0.15, 0.2) is 0 Å². The molecule has 0 atom stereocenters. The molecule has 0 amide bonds. The van der Waals surface area contributed by atoms with Crippen LogP contribution >= 0.6 is 0 Å². The van der Waals surface area contributed by atoms with E-state index in [1.165, 1.54) is 0 Å². The summed E-state index contributed by atoms with van der Waals surface area (Å²) in [5.41, 5.74) is 0. The Morgan fingerprint density at radius 3 is 0.429 bits per heavy atom. The predicted molar refractivity (Wildman–Crippen MR) is 0 cm³/mol. The van der Waals surface area contributed by atoms with E-state index in [1.54, 1.807) is 0 Å². The zero-order valence-electron chi connectivity index (χ0n) is 2.65. The Bertz CT molecular complexity index is 8.04. The molecule has 7 heavy (non-hydrogen) atoms. The molecule has 7 heteroatoms. The van der Waals surface area contributed by atoms with E-state index >= 15 is 0 Å². The molecule has 0 aliphatic rings. The molecule has 0 fully saturated rings. The van der Waals surface area contributed by atoms with Gasteiger partial charge in [-0.15, -0.1) is 0 Å². The van der Waals surface area contributed by atoms with Crippen molar-refractivity contribution in [3.8, 4) is 0 Å². The minimum Gasteiger partial charge on any atom is -1.00 e. The molecule has 0 saturated heterocycles. The third-order valence-corrected chi connectivity index (χ3v) is 0. The molecule has 0 saturated carbocycles. The van der Waals surface area contributed by atoms with Crippen LogP contribution in [0.25, 0.3) is 0 Å². The van der Waals surface area contributed by atoms with Crippen LogP contribution in [-0.2, 0) is 34.4 Å². The first-order chi connectivity index (χ1) is 0. The van der Waals surface area contributed by atoms with Crippen LogP contribution in [0, 0.1) is 0 Å². The average Bonchev–Trinajstić information content (AvgIpc) is 0. The summed E-state index contributed by atoms with van der Waals surface area (Å²) in [6.07, 6.45) is 0. The zero-order valence-corrected chi connectivity index (χ0v) is 5.03. The summed E-state index contributed by atoms with van der Waals surface area (Å²) < 4.78 is 0. The molecule has 49 valence electrons. The number of hydrogen-bond acceptors (Lipinski definition) is 0. The number of rotatable bonds is 0. The summed E-state index contributed by atoms with van der Waals surface area (Å²) in [5, 5.41) is 0. The second-order valence-corrected chi connectivity index (χ2v) is 0. The van der Waals surface area contributed by atoms with Gasteiger partial charge in [-0.1, -0.05) is 0 Å². The summed E-state index contributed by atoms with van der Waals surface area (Å²) in [4.78, 5) is 0. The van der Waals surface area contributed by atoms with Gasteiger partial charge in [0.05, 0.1) is 0 Å². The largest absolute Gasteiger partial charge is 3.00 e. The van der Waals surface area contributed by atoms with E-state index in [4.69, 9.17) is 0 Å². The minimum absolute atomic E-state index is 0. The Morgan fingerprint density at radius 2 is 0.429 bits per heavy atom. The smallest absolute Gasteiger partial charge is 1.00 e. The molecular formula is CrF5Fe. The Morgan fingerprint density at radius 1 is 0.429 bits per heavy atom. The fraction of sp³-hybridized carbons (Fsp3) is 0. The van der Waals surface area contributed by atoms with E-state index < -0.39 is 0 Å². The molecule has 0 aliphatic heterocycles. The molecule has 0 unspecified atom stereocenters. The maximum absolute atomic E-state index is 0. The van der Waals surface area contributed by atoms with E-state index in [0.717, 1.165) is 0 Å². The first kappa shape index (κ1) is 702. The van der Waals surface area contributed by atoms with Gasteiger partial charge in [-0.05, 0) is 0 Å². The molecule has 0 aromatic rings. The van der Waals surface area contributed by atoms with Crippen LogP contribution in [0.5, 0.6) is 0 Å². The molecule has 0 heterocycles. The van der Waals surface area contributed by atoms with Crippen molar-refractivity contribution < 1.29 is 58.0 Å². The van der Waals surface area contributed by atoms with Crippen LogP contribution < -0.4 is 23.5 Å². The molecule has 1 radical (unpaired) electrons. The Kier molecular flexibility index (Phi) is 44400. The number of halogens is 5. The molecule has 0 aliphatic carbocycles. The minimum atomic E-state index is 0. The summed E-state index contributed by atoms with van der Waals surface area (Å²) in [7, 11) is 0. The molecule has 0 rings (SSSR count). The third kappa shape index (κ3) is 301. The second kappa shape index (κ2) is 442. The van der Waals surface area contributed by atoms with Crippen molar-refractivity contribution in [1.82, 2.24) is 0 Å². The van der Waals surface area contributed by atoms with Crippen molar-refractivity contribution in [2.75, 3.05) is 0 Å². The maximum atomic E-state index is 0. The van der Waals surface area contributed by atoms with Crippen LogP contribution in [0.2, 0.25) is 0 Å². The molecule has 0 aromatic carbocycles. The van der Waals surface area contributed by atoms with Gasteiger partial charge in [-0.2, -0.15) is 0 Å². The van der Waals surface area contributed by atoms with Gasteiger partial charge < -0.3 is 23.5 Å². The van der Waals surface area contributed by atoms with Crippen LogP contribution in [-0.4, -0.2) is 0 Å². The topological polar surface area (TPSA) is 0 Å². The maximum Gasteiger partial charge on any atom is 3.00 e. The Balaban J connectivity index is 0. The quantitative estimate of drug-likeness (QED) is 0.271. The van der Waals surface area contributed by atoms with Gasteiger partial charge in [0.2, 0.25) is 0 Å². The van der Waals surface area contributed by atoms with Gasteiger partial charge in [0.25, 0.3) is 0 Å². The zero-order chi connectivity index (χ0) is 0. The number of hydrogen-bond donors (Lipinski definition) is 0. The second-order valence-electron chi connectivity index (χ2n) is 0. The van der Waals surface area contributed by atoms with Crippen molar-refractivity contribution in [3.05, 3.63) is 0 Å². The van der Waals surface area contributed by atoms with Crippen LogP contribution in [0.15, 0.2) is 0 Å². The van der Waals surface area contributed by atoms with Gasteiger partial charge in [0.1, 0.15) is 0 Å².